The van der Waals surface area contributed by atoms with Gasteiger partial charge < -0.3 is 10.1 Å². The quantitative estimate of drug-likeness (QED) is 0.802. The molecule has 0 heterocycles. The average Bonchev–Trinajstić information content (AvgIpc) is 2.59. The van der Waals surface area contributed by atoms with Gasteiger partial charge in [0.25, 0.3) is 0 Å². The Morgan fingerprint density at radius 1 is 1.28 bits per heavy atom. The number of rotatable bonds is 7. The third kappa shape index (κ3) is 5.44. The second-order valence-corrected chi connectivity index (χ2v) is 8.57. The van der Waals surface area contributed by atoms with Crippen molar-refractivity contribution in [1.82, 2.24) is 9.62 Å². The minimum atomic E-state index is -3.43. The van der Waals surface area contributed by atoms with Gasteiger partial charge in [0.15, 0.2) is 0 Å². The van der Waals surface area contributed by atoms with Gasteiger partial charge in [-0.15, -0.1) is 0 Å². The van der Waals surface area contributed by atoms with Gasteiger partial charge in [0.05, 0.1) is 26.0 Å². The summed E-state index contributed by atoms with van der Waals surface area (Å²) in [5, 5.41) is 2.89. The number of nitrogens with one attached hydrogen (secondary N) is 1. The maximum Gasteiger partial charge on any atom is 0.235 e. The van der Waals surface area contributed by atoms with Crippen LogP contribution in [0.2, 0.25) is 0 Å². The predicted octanol–water partition coefficient (Wildman–Crippen LogP) is 2.47. The normalized spacial score (nSPS) is 17.3. The molecule has 2 rings (SSSR count). The second-order valence-electron chi connectivity index (χ2n) is 6.63. The number of para-hydroxylation sites is 1. The highest BCUT2D eigenvalue weighted by atomic mass is 32.2. The average molecular weight is 368 g/mol. The first-order valence-electron chi connectivity index (χ1n) is 8.72. The molecule has 1 aliphatic rings. The fraction of sp³-hybridized carbons (Fsp3) is 0.611. The van der Waals surface area contributed by atoms with Crippen LogP contribution >= 0.6 is 0 Å². The number of nitrogens with zero attached hydrogens (tertiary/aromatic N) is 1. The number of benzene rings is 1. The summed E-state index contributed by atoms with van der Waals surface area (Å²) >= 11 is 0. The lowest BCUT2D eigenvalue weighted by Gasteiger charge is -2.32. The molecular formula is C18H28N2O4S. The summed E-state index contributed by atoms with van der Waals surface area (Å²) in [4.78, 5) is 12.5. The first kappa shape index (κ1) is 19.7. The summed E-state index contributed by atoms with van der Waals surface area (Å²) in [6.45, 7) is 1.73. The Kier molecular flexibility index (Phi) is 6.84. The zero-order valence-corrected chi connectivity index (χ0v) is 16.0. The van der Waals surface area contributed by atoms with Crippen LogP contribution in [0.15, 0.2) is 24.3 Å². The smallest absolute Gasteiger partial charge is 0.235 e. The third-order valence-corrected chi connectivity index (χ3v) is 5.97. The minimum Gasteiger partial charge on any atom is -0.496 e. The van der Waals surface area contributed by atoms with Gasteiger partial charge in [-0.05, 0) is 25.8 Å². The van der Waals surface area contributed by atoms with E-state index in [0.29, 0.717) is 5.75 Å². The molecule has 0 unspecified atom stereocenters. The van der Waals surface area contributed by atoms with Crippen LogP contribution in [0.3, 0.4) is 0 Å². The van der Waals surface area contributed by atoms with Gasteiger partial charge in [0, 0.05) is 11.6 Å². The molecule has 0 aliphatic heterocycles. The summed E-state index contributed by atoms with van der Waals surface area (Å²) < 4.78 is 31.0. The molecule has 0 aromatic heterocycles. The first-order valence-corrected chi connectivity index (χ1v) is 10.6. The van der Waals surface area contributed by atoms with Gasteiger partial charge >= 0.3 is 0 Å². The Labute approximate surface area is 150 Å². The Balaban J connectivity index is 2.05. The molecule has 0 radical (unpaired) electrons. The lowest BCUT2D eigenvalue weighted by atomic mass is 9.95. The van der Waals surface area contributed by atoms with Crippen LogP contribution in [0.1, 0.15) is 50.6 Å². The van der Waals surface area contributed by atoms with E-state index < -0.39 is 10.0 Å². The number of carbonyl (C=O) groups excluding carboxylic acids is 1. The molecule has 1 aromatic rings. The van der Waals surface area contributed by atoms with Gasteiger partial charge in [0.1, 0.15) is 5.75 Å². The van der Waals surface area contributed by atoms with Gasteiger partial charge in [-0.25, -0.2) is 8.42 Å². The standard InChI is InChI=1S/C18H28N2O4S/c1-14(16-11-7-8-12-17(16)24-2)19-18(21)13-20(25(3,22)23)15-9-5-4-6-10-15/h7-8,11-12,14-15H,4-6,9-10,13H2,1-3H3,(H,19,21)/t14-/m0/s1. The van der Waals surface area contributed by atoms with Crippen LogP contribution in [0, 0.1) is 0 Å². The summed E-state index contributed by atoms with van der Waals surface area (Å²) in [6.07, 6.45) is 5.97. The monoisotopic (exact) mass is 368 g/mol. The van der Waals surface area contributed by atoms with E-state index in [0.717, 1.165) is 37.7 Å². The highest BCUT2D eigenvalue weighted by Crippen LogP contribution is 2.26. The summed E-state index contributed by atoms with van der Waals surface area (Å²) in [7, 11) is -1.84. The van der Waals surface area contributed by atoms with Crippen LogP contribution in [-0.2, 0) is 14.8 Å². The number of carbonyl (C=O) groups is 1. The molecular weight excluding hydrogens is 340 g/mol. The van der Waals surface area contributed by atoms with E-state index in [-0.39, 0.29) is 24.5 Å². The van der Waals surface area contributed by atoms with Crippen LogP contribution in [0.25, 0.3) is 0 Å². The molecule has 1 fully saturated rings. The molecule has 1 amide bonds. The molecule has 1 N–H and O–H groups in total. The highest BCUT2D eigenvalue weighted by Gasteiger charge is 2.30. The topological polar surface area (TPSA) is 75.7 Å². The van der Waals surface area contributed by atoms with Gasteiger partial charge in [-0.2, -0.15) is 4.31 Å². The van der Waals surface area contributed by atoms with Gasteiger partial charge in [-0.3, -0.25) is 4.79 Å². The molecule has 6 nitrogen and oxygen atoms in total. The Hall–Kier alpha value is -1.60. The predicted molar refractivity (Wildman–Crippen MR) is 98.0 cm³/mol. The Bertz CT molecular complexity index is 684. The van der Waals surface area contributed by atoms with E-state index >= 15 is 0 Å². The molecule has 1 aliphatic carbocycles. The van der Waals surface area contributed by atoms with Gasteiger partial charge in [0.2, 0.25) is 15.9 Å². The minimum absolute atomic E-state index is 0.0731. The fourth-order valence-electron chi connectivity index (χ4n) is 3.42. The largest absolute Gasteiger partial charge is 0.496 e. The first-order chi connectivity index (χ1) is 11.8. The van der Waals surface area contributed by atoms with Crippen LogP contribution in [0.5, 0.6) is 5.75 Å². The molecule has 1 saturated carbocycles. The van der Waals surface area contributed by atoms with Crippen LogP contribution < -0.4 is 10.1 Å². The molecule has 25 heavy (non-hydrogen) atoms. The molecule has 0 spiro atoms. The molecule has 7 heteroatoms. The van der Waals surface area contributed by atoms with E-state index in [2.05, 4.69) is 5.32 Å². The SMILES string of the molecule is COc1ccccc1[C@H](C)NC(=O)CN(C1CCCCC1)S(C)(=O)=O. The van der Waals surface area contributed by atoms with Crippen molar-refractivity contribution >= 4 is 15.9 Å². The molecule has 1 aromatic carbocycles. The molecule has 1 atom stereocenters. The van der Waals surface area contributed by atoms with Crippen molar-refractivity contribution in [3.63, 3.8) is 0 Å². The van der Waals surface area contributed by atoms with E-state index in [1.54, 1.807) is 7.11 Å². The molecule has 0 saturated heterocycles. The number of hydrogen-bond donors (Lipinski definition) is 1. The maximum atomic E-state index is 12.5. The number of ether oxygens (including phenoxy) is 1. The Morgan fingerprint density at radius 3 is 2.52 bits per heavy atom. The summed E-state index contributed by atoms with van der Waals surface area (Å²) in [5.41, 5.74) is 0.863. The fourth-order valence-corrected chi connectivity index (χ4v) is 4.52. The van der Waals surface area contributed by atoms with Crippen molar-refractivity contribution in [3.8, 4) is 5.75 Å². The van der Waals surface area contributed by atoms with Gasteiger partial charge in [-0.1, -0.05) is 37.5 Å². The number of methoxy groups -OCH3 is 1. The van der Waals surface area contributed by atoms with E-state index in [1.807, 2.05) is 31.2 Å². The third-order valence-electron chi connectivity index (χ3n) is 4.69. The highest BCUT2D eigenvalue weighted by molar-refractivity contribution is 7.88. The summed E-state index contributed by atoms with van der Waals surface area (Å²) in [6, 6.07) is 7.13. The van der Waals surface area contributed by atoms with Crippen LogP contribution in [-0.4, -0.2) is 44.6 Å². The van der Waals surface area contributed by atoms with Crippen molar-refractivity contribution < 1.29 is 17.9 Å². The number of sulfonamides is 1. The van der Waals surface area contributed by atoms with Crippen molar-refractivity contribution in [2.45, 2.75) is 51.1 Å². The summed E-state index contributed by atoms with van der Waals surface area (Å²) in [5.74, 6) is 0.400. The van der Waals surface area contributed by atoms with Crippen LogP contribution in [0.4, 0.5) is 0 Å². The van der Waals surface area contributed by atoms with Crippen molar-refractivity contribution in [1.29, 1.82) is 0 Å². The zero-order valence-electron chi connectivity index (χ0n) is 15.2. The number of amides is 1. The van der Waals surface area contributed by atoms with Crippen molar-refractivity contribution in [2.24, 2.45) is 0 Å². The molecule has 0 bridgehead atoms. The molecule has 140 valence electrons. The second kappa shape index (κ2) is 8.67. The Morgan fingerprint density at radius 2 is 1.92 bits per heavy atom. The lowest BCUT2D eigenvalue weighted by molar-refractivity contribution is -0.122. The van der Waals surface area contributed by atoms with Crippen molar-refractivity contribution in [3.05, 3.63) is 29.8 Å². The van der Waals surface area contributed by atoms with E-state index in [4.69, 9.17) is 4.74 Å². The van der Waals surface area contributed by atoms with Crippen molar-refractivity contribution in [2.75, 3.05) is 19.9 Å². The zero-order chi connectivity index (χ0) is 18.4. The van der Waals surface area contributed by atoms with E-state index in [1.165, 1.54) is 10.6 Å². The number of hydrogen-bond acceptors (Lipinski definition) is 4. The maximum absolute atomic E-state index is 12.5. The van der Waals surface area contributed by atoms with E-state index in [9.17, 15) is 13.2 Å². The lowest BCUT2D eigenvalue weighted by Crippen LogP contribution is -2.47.